The van der Waals surface area contributed by atoms with Gasteiger partial charge in [-0.2, -0.15) is 0 Å². The Morgan fingerprint density at radius 3 is 2.52 bits per heavy atom. The molecule has 0 spiro atoms. The lowest BCUT2D eigenvalue weighted by Crippen LogP contribution is -2.02. The normalized spacial score (nSPS) is 11.7. The summed E-state index contributed by atoms with van der Waals surface area (Å²) in [5, 5.41) is 4.87. The van der Waals surface area contributed by atoms with Crippen molar-refractivity contribution in [3.8, 4) is 11.3 Å². The minimum atomic E-state index is -3.30. The van der Waals surface area contributed by atoms with E-state index in [0.717, 1.165) is 11.3 Å². The number of sulfone groups is 1. The second-order valence-electron chi connectivity index (χ2n) is 4.32. The molecule has 7 heteroatoms. The fourth-order valence-corrected chi connectivity index (χ4v) is 5.45. The van der Waals surface area contributed by atoms with Crippen molar-refractivity contribution in [2.24, 2.45) is 0 Å². The molecule has 0 unspecified atom stereocenters. The molecular weight excluding hydrogens is 346 g/mol. The molecule has 0 aliphatic heterocycles. The molecule has 0 aliphatic rings. The van der Waals surface area contributed by atoms with Gasteiger partial charge in [-0.15, -0.1) is 22.7 Å². The maximum Gasteiger partial charge on any atom is 0.194 e. The molecule has 0 atom stereocenters. The lowest BCUT2D eigenvalue weighted by Gasteiger charge is -1.98. The molecule has 0 saturated heterocycles. The molecule has 2 aromatic heterocycles. The Bertz CT molecular complexity index is 837. The summed E-state index contributed by atoms with van der Waals surface area (Å²) >= 11 is 8.43. The Balaban J connectivity index is 1.84. The zero-order chi connectivity index (χ0) is 14.9. The highest BCUT2D eigenvalue weighted by Gasteiger charge is 2.18. The van der Waals surface area contributed by atoms with Gasteiger partial charge in [0.15, 0.2) is 9.84 Å². The molecule has 1 aromatic carbocycles. The molecular formula is C14H10ClNO2S3. The summed E-state index contributed by atoms with van der Waals surface area (Å²) in [4.78, 5) is 4.41. The number of halogens is 1. The molecule has 3 rings (SSSR count). The zero-order valence-corrected chi connectivity index (χ0v) is 13.9. The maximum absolute atomic E-state index is 12.2. The quantitative estimate of drug-likeness (QED) is 0.692. The lowest BCUT2D eigenvalue weighted by molar-refractivity contribution is 0.597. The first kappa shape index (κ1) is 14.7. The molecule has 0 N–H and O–H groups in total. The average Bonchev–Trinajstić information content (AvgIpc) is 3.10. The summed E-state index contributed by atoms with van der Waals surface area (Å²) in [6.07, 6.45) is 0. The van der Waals surface area contributed by atoms with Crippen molar-refractivity contribution in [3.63, 3.8) is 0 Å². The van der Waals surface area contributed by atoms with Gasteiger partial charge in [0.2, 0.25) is 0 Å². The van der Waals surface area contributed by atoms with Crippen molar-refractivity contribution in [2.45, 2.75) is 9.96 Å². The predicted molar refractivity (Wildman–Crippen MR) is 87.8 cm³/mol. The highest BCUT2D eigenvalue weighted by atomic mass is 35.5. The largest absolute Gasteiger partial charge is 0.240 e. The van der Waals surface area contributed by atoms with E-state index in [0.29, 0.717) is 14.2 Å². The highest BCUT2D eigenvalue weighted by molar-refractivity contribution is 7.92. The number of aromatic nitrogens is 1. The van der Waals surface area contributed by atoms with Crippen LogP contribution in [0.5, 0.6) is 0 Å². The lowest BCUT2D eigenvalue weighted by atomic mass is 10.2. The van der Waals surface area contributed by atoms with Crippen molar-refractivity contribution in [1.29, 1.82) is 0 Å². The van der Waals surface area contributed by atoms with Gasteiger partial charge in [0, 0.05) is 16.0 Å². The smallest absolute Gasteiger partial charge is 0.194 e. The van der Waals surface area contributed by atoms with Gasteiger partial charge in [-0.3, -0.25) is 0 Å². The third-order valence-electron chi connectivity index (χ3n) is 2.81. The van der Waals surface area contributed by atoms with Crippen molar-refractivity contribution in [1.82, 2.24) is 4.98 Å². The Morgan fingerprint density at radius 2 is 1.86 bits per heavy atom. The summed E-state index contributed by atoms with van der Waals surface area (Å²) in [6, 6.07) is 10.7. The predicted octanol–water partition coefficient (Wildman–Crippen LogP) is 4.50. The Morgan fingerprint density at radius 1 is 1.10 bits per heavy atom. The number of thiazole rings is 1. The van der Waals surface area contributed by atoms with E-state index in [2.05, 4.69) is 4.98 Å². The molecule has 0 fully saturated rings. The van der Waals surface area contributed by atoms with Crippen LogP contribution in [0.4, 0.5) is 0 Å². The van der Waals surface area contributed by atoms with E-state index in [1.165, 1.54) is 22.7 Å². The second kappa shape index (κ2) is 5.88. The first-order valence-electron chi connectivity index (χ1n) is 6.01. The van der Waals surface area contributed by atoms with Gasteiger partial charge in [0.25, 0.3) is 0 Å². The summed E-state index contributed by atoms with van der Waals surface area (Å²) in [5.41, 5.74) is 1.70. The summed E-state index contributed by atoms with van der Waals surface area (Å²) in [6.45, 7) is 0. The van der Waals surface area contributed by atoms with Crippen LogP contribution in [-0.4, -0.2) is 13.4 Å². The van der Waals surface area contributed by atoms with Crippen LogP contribution in [-0.2, 0) is 15.6 Å². The van der Waals surface area contributed by atoms with Crippen LogP contribution in [0.1, 0.15) is 5.01 Å². The molecule has 2 heterocycles. The van der Waals surface area contributed by atoms with Crippen LogP contribution in [0, 0.1) is 0 Å². The van der Waals surface area contributed by atoms with E-state index < -0.39 is 9.84 Å². The Labute approximate surface area is 135 Å². The first-order chi connectivity index (χ1) is 10.0. The number of benzene rings is 1. The molecule has 108 valence electrons. The molecule has 21 heavy (non-hydrogen) atoms. The van der Waals surface area contributed by atoms with Gasteiger partial charge < -0.3 is 0 Å². The molecule has 0 amide bonds. The number of nitrogens with zero attached hydrogens (tertiary/aromatic N) is 1. The average molecular weight is 356 g/mol. The van der Waals surface area contributed by atoms with Crippen molar-refractivity contribution in [2.75, 3.05) is 0 Å². The summed E-state index contributed by atoms with van der Waals surface area (Å²) < 4.78 is 24.8. The van der Waals surface area contributed by atoms with Gasteiger partial charge in [-0.1, -0.05) is 29.8 Å². The molecule has 0 radical (unpaired) electrons. The maximum atomic E-state index is 12.2. The second-order valence-corrected chi connectivity index (χ2v) is 8.87. The van der Waals surface area contributed by atoms with Crippen LogP contribution < -0.4 is 0 Å². The molecule has 0 aliphatic carbocycles. The monoisotopic (exact) mass is 355 g/mol. The minimum absolute atomic E-state index is 0.0637. The SMILES string of the molecule is O=S(=O)(Cc1nc(-c2ccc(Cl)cc2)cs1)c1cccs1. The van der Waals surface area contributed by atoms with Gasteiger partial charge >= 0.3 is 0 Å². The minimum Gasteiger partial charge on any atom is -0.240 e. The van der Waals surface area contributed by atoms with Crippen LogP contribution >= 0.6 is 34.3 Å². The van der Waals surface area contributed by atoms with E-state index in [1.807, 2.05) is 17.5 Å². The van der Waals surface area contributed by atoms with E-state index in [1.54, 1.807) is 29.6 Å². The summed E-state index contributed by atoms with van der Waals surface area (Å²) in [5.74, 6) is -0.0637. The van der Waals surface area contributed by atoms with Gasteiger partial charge in [-0.25, -0.2) is 13.4 Å². The standard InChI is InChI=1S/C14H10ClNO2S3/c15-11-5-3-10(4-6-11)12-8-20-13(16-12)9-21(17,18)14-2-1-7-19-14/h1-8H,9H2. The number of hydrogen-bond acceptors (Lipinski definition) is 5. The van der Waals surface area contributed by atoms with Crippen LogP contribution in [0.3, 0.4) is 0 Å². The molecule has 0 saturated carbocycles. The van der Waals surface area contributed by atoms with Crippen LogP contribution in [0.25, 0.3) is 11.3 Å². The van der Waals surface area contributed by atoms with Gasteiger partial charge in [0.05, 0.1) is 5.69 Å². The topological polar surface area (TPSA) is 47.0 Å². The van der Waals surface area contributed by atoms with Crippen molar-refractivity contribution >= 4 is 44.1 Å². The number of thiophene rings is 1. The van der Waals surface area contributed by atoms with E-state index >= 15 is 0 Å². The molecule has 3 aromatic rings. The van der Waals surface area contributed by atoms with E-state index in [-0.39, 0.29) is 5.75 Å². The fourth-order valence-electron chi connectivity index (χ4n) is 1.80. The van der Waals surface area contributed by atoms with Crippen LogP contribution in [0.2, 0.25) is 5.02 Å². The third kappa shape index (κ3) is 3.35. The fraction of sp³-hybridized carbons (Fsp3) is 0.0714. The van der Waals surface area contributed by atoms with Gasteiger partial charge in [-0.05, 0) is 23.6 Å². The highest BCUT2D eigenvalue weighted by Crippen LogP contribution is 2.27. The third-order valence-corrected chi connectivity index (χ3v) is 7.21. The summed E-state index contributed by atoms with van der Waals surface area (Å²) in [7, 11) is -3.30. The molecule has 3 nitrogen and oxygen atoms in total. The van der Waals surface area contributed by atoms with Crippen molar-refractivity contribution < 1.29 is 8.42 Å². The van der Waals surface area contributed by atoms with Crippen LogP contribution in [0.15, 0.2) is 51.4 Å². The van der Waals surface area contributed by atoms with Gasteiger partial charge in [0.1, 0.15) is 15.0 Å². The Kier molecular flexibility index (Phi) is 4.12. The molecule has 0 bridgehead atoms. The Hall–Kier alpha value is -1.21. The first-order valence-corrected chi connectivity index (χ1v) is 9.80. The zero-order valence-electron chi connectivity index (χ0n) is 10.7. The van der Waals surface area contributed by atoms with E-state index in [9.17, 15) is 8.42 Å². The van der Waals surface area contributed by atoms with Crippen molar-refractivity contribution in [3.05, 3.63) is 57.2 Å². The van der Waals surface area contributed by atoms with E-state index in [4.69, 9.17) is 11.6 Å². The number of rotatable bonds is 4. The number of hydrogen-bond donors (Lipinski definition) is 0.